The van der Waals surface area contributed by atoms with Crippen molar-refractivity contribution in [2.75, 3.05) is 0 Å². The average Bonchev–Trinajstić information content (AvgIpc) is 2.47. The van der Waals surface area contributed by atoms with Crippen molar-refractivity contribution in [3.05, 3.63) is 59.2 Å². The van der Waals surface area contributed by atoms with Gasteiger partial charge in [0, 0.05) is 18.5 Å². The molecule has 2 aromatic rings. The van der Waals surface area contributed by atoms with Crippen LogP contribution in [0.2, 0.25) is 0 Å². The Balaban J connectivity index is 1.99. The summed E-state index contributed by atoms with van der Waals surface area (Å²) in [6, 6.07) is 14.5. The average molecular weight is 251 g/mol. The van der Waals surface area contributed by atoms with Gasteiger partial charge in [0.05, 0.1) is 0 Å². The number of Topliss-reactive ketones (excluding diaryl/α,β-unsaturated/α-hetero) is 1. The third-order valence-electron chi connectivity index (χ3n) is 3.78. The number of carbonyl (C=O) groups excluding carboxylic acids is 1. The summed E-state index contributed by atoms with van der Waals surface area (Å²) in [5.41, 5.74) is 11.2. The molecule has 1 aliphatic rings. The summed E-state index contributed by atoms with van der Waals surface area (Å²) < 4.78 is 0. The van der Waals surface area contributed by atoms with Crippen LogP contribution in [0.5, 0.6) is 0 Å². The van der Waals surface area contributed by atoms with Crippen molar-refractivity contribution in [2.45, 2.75) is 25.8 Å². The first-order chi connectivity index (χ1) is 9.28. The Labute approximate surface area is 113 Å². The SMILES string of the molecule is NCc1ccc(-c2ccc3c(c2)CCCC3=O)cc1. The molecule has 0 bridgehead atoms. The summed E-state index contributed by atoms with van der Waals surface area (Å²) in [5, 5.41) is 0. The molecule has 3 rings (SSSR count). The van der Waals surface area contributed by atoms with Crippen molar-refractivity contribution in [2.24, 2.45) is 5.73 Å². The van der Waals surface area contributed by atoms with E-state index in [0.717, 1.165) is 24.0 Å². The van der Waals surface area contributed by atoms with Gasteiger partial charge in [-0.2, -0.15) is 0 Å². The van der Waals surface area contributed by atoms with Gasteiger partial charge < -0.3 is 5.73 Å². The molecule has 0 radical (unpaired) electrons. The molecule has 0 saturated heterocycles. The summed E-state index contributed by atoms with van der Waals surface area (Å²) in [4.78, 5) is 11.8. The summed E-state index contributed by atoms with van der Waals surface area (Å²) in [6.07, 6.45) is 2.68. The first-order valence-electron chi connectivity index (χ1n) is 6.73. The minimum absolute atomic E-state index is 0.284. The highest BCUT2D eigenvalue weighted by Gasteiger charge is 2.17. The molecular formula is C17H17NO. The second-order valence-electron chi connectivity index (χ2n) is 5.05. The Morgan fingerprint density at radius 3 is 2.42 bits per heavy atom. The van der Waals surface area contributed by atoms with Crippen LogP contribution in [0.15, 0.2) is 42.5 Å². The highest BCUT2D eigenvalue weighted by Crippen LogP contribution is 2.27. The lowest BCUT2D eigenvalue weighted by Crippen LogP contribution is -2.10. The monoisotopic (exact) mass is 251 g/mol. The van der Waals surface area contributed by atoms with Gasteiger partial charge in [-0.1, -0.05) is 42.5 Å². The van der Waals surface area contributed by atoms with Gasteiger partial charge in [-0.05, 0) is 35.1 Å². The Bertz CT molecular complexity index is 614. The van der Waals surface area contributed by atoms with Crippen LogP contribution in [0.4, 0.5) is 0 Å². The molecule has 0 aliphatic heterocycles. The molecule has 0 heterocycles. The first-order valence-corrected chi connectivity index (χ1v) is 6.73. The molecule has 1 aliphatic carbocycles. The van der Waals surface area contributed by atoms with E-state index < -0.39 is 0 Å². The largest absolute Gasteiger partial charge is 0.326 e. The summed E-state index contributed by atoms with van der Waals surface area (Å²) in [5.74, 6) is 0.284. The minimum atomic E-state index is 0.284. The van der Waals surface area contributed by atoms with E-state index in [1.165, 1.54) is 16.7 Å². The van der Waals surface area contributed by atoms with Gasteiger partial charge in [-0.15, -0.1) is 0 Å². The lowest BCUT2D eigenvalue weighted by molar-refractivity contribution is 0.0972. The highest BCUT2D eigenvalue weighted by atomic mass is 16.1. The van der Waals surface area contributed by atoms with Crippen molar-refractivity contribution >= 4 is 5.78 Å². The highest BCUT2D eigenvalue weighted by molar-refractivity contribution is 5.99. The van der Waals surface area contributed by atoms with Gasteiger partial charge in [-0.3, -0.25) is 4.79 Å². The van der Waals surface area contributed by atoms with Crippen LogP contribution in [0.3, 0.4) is 0 Å². The molecule has 2 heteroatoms. The lowest BCUT2D eigenvalue weighted by atomic mass is 9.88. The van der Waals surface area contributed by atoms with Crippen molar-refractivity contribution in [3.8, 4) is 11.1 Å². The molecule has 0 fully saturated rings. The number of fused-ring (bicyclic) bond motifs is 1. The van der Waals surface area contributed by atoms with Crippen LogP contribution in [0.1, 0.15) is 34.3 Å². The van der Waals surface area contributed by atoms with Crippen LogP contribution in [0.25, 0.3) is 11.1 Å². The molecule has 0 amide bonds. The molecule has 19 heavy (non-hydrogen) atoms. The second-order valence-corrected chi connectivity index (χ2v) is 5.05. The van der Waals surface area contributed by atoms with Gasteiger partial charge in [0.1, 0.15) is 0 Å². The van der Waals surface area contributed by atoms with E-state index in [4.69, 9.17) is 5.73 Å². The molecule has 2 nitrogen and oxygen atoms in total. The predicted octanol–water partition coefficient (Wildman–Crippen LogP) is 3.33. The number of hydrogen-bond donors (Lipinski definition) is 1. The van der Waals surface area contributed by atoms with Crippen LogP contribution in [-0.2, 0) is 13.0 Å². The first kappa shape index (κ1) is 12.1. The summed E-state index contributed by atoms with van der Waals surface area (Å²) in [7, 11) is 0. The topological polar surface area (TPSA) is 43.1 Å². The lowest BCUT2D eigenvalue weighted by Gasteiger charge is -2.15. The number of carbonyl (C=O) groups is 1. The molecule has 0 aromatic heterocycles. The number of benzene rings is 2. The Morgan fingerprint density at radius 1 is 0.947 bits per heavy atom. The van der Waals surface area contributed by atoms with Crippen molar-refractivity contribution in [1.29, 1.82) is 0 Å². The van der Waals surface area contributed by atoms with E-state index in [1.54, 1.807) is 0 Å². The second kappa shape index (κ2) is 4.98. The fourth-order valence-electron chi connectivity index (χ4n) is 2.66. The van der Waals surface area contributed by atoms with Gasteiger partial charge >= 0.3 is 0 Å². The number of hydrogen-bond acceptors (Lipinski definition) is 2. The molecule has 0 saturated carbocycles. The molecule has 0 unspecified atom stereocenters. The van der Waals surface area contributed by atoms with Gasteiger partial charge in [0.2, 0.25) is 0 Å². The smallest absolute Gasteiger partial charge is 0.163 e. The number of ketones is 1. The Morgan fingerprint density at radius 2 is 1.68 bits per heavy atom. The summed E-state index contributed by atoms with van der Waals surface area (Å²) >= 11 is 0. The third kappa shape index (κ3) is 2.32. The predicted molar refractivity (Wildman–Crippen MR) is 77.0 cm³/mol. The number of rotatable bonds is 2. The summed E-state index contributed by atoms with van der Waals surface area (Å²) in [6.45, 7) is 0.568. The van der Waals surface area contributed by atoms with Crippen LogP contribution in [-0.4, -0.2) is 5.78 Å². The standard InChI is InChI=1S/C17H17NO/c18-11-12-4-6-13(7-5-12)14-8-9-16-15(10-14)2-1-3-17(16)19/h4-10H,1-3,11,18H2. The van der Waals surface area contributed by atoms with Gasteiger partial charge in [0.25, 0.3) is 0 Å². The number of aryl methyl sites for hydroxylation is 1. The van der Waals surface area contributed by atoms with E-state index >= 15 is 0 Å². The molecule has 2 N–H and O–H groups in total. The Kier molecular flexibility index (Phi) is 3.18. The maximum absolute atomic E-state index is 11.8. The van der Waals surface area contributed by atoms with E-state index in [9.17, 15) is 4.79 Å². The molecule has 2 aromatic carbocycles. The fourth-order valence-corrected chi connectivity index (χ4v) is 2.66. The van der Waals surface area contributed by atoms with E-state index in [2.05, 4.69) is 30.3 Å². The zero-order valence-corrected chi connectivity index (χ0v) is 10.9. The quantitative estimate of drug-likeness (QED) is 0.889. The Hall–Kier alpha value is -1.93. The van der Waals surface area contributed by atoms with E-state index in [0.29, 0.717) is 13.0 Å². The van der Waals surface area contributed by atoms with Crippen LogP contribution >= 0.6 is 0 Å². The molecule has 96 valence electrons. The normalized spacial score (nSPS) is 14.3. The molecular weight excluding hydrogens is 234 g/mol. The van der Waals surface area contributed by atoms with Gasteiger partial charge in [0.15, 0.2) is 5.78 Å². The van der Waals surface area contributed by atoms with E-state index in [1.807, 2.05) is 12.1 Å². The molecule has 0 spiro atoms. The van der Waals surface area contributed by atoms with Crippen LogP contribution < -0.4 is 5.73 Å². The van der Waals surface area contributed by atoms with E-state index in [-0.39, 0.29) is 5.78 Å². The van der Waals surface area contributed by atoms with Crippen molar-refractivity contribution in [3.63, 3.8) is 0 Å². The third-order valence-corrected chi connectivity index (χ3v) is 3.78. The molecule has 0 atom stereocenters. The van der Waals surface area contributed by atoms with Gasteiger partial charge in [-0.25, -0.2) is 0 Å². The van der Waals surface area contributed by atoms with Crippen LogP contribution in [0, 0.1) is 0 Å². The number of nitrogens with two attached hydrogens (primary N) is 1. The fraction of sp³-hybridized carbons (Fsp3) is 0.235. The van der Waals surface area contributed by atoms with Crippen molar-refractivity contribution < 1.29 is 4.79 Å². The maximum atomic E-state index is 11.8. The zero-order chi connectivity index (χ0) is 13.2. The van der Waals surface area contributed by atoms with Crippen molar-refractivity contribution in [1.82, 2.24) is 0 Å². The maximum Gasteiger partial charge on any atom is 0.163 e. The zero-order valence-electron chi connectivity index (χ0n) is 10.9. The minimum Gasteiger partial charge on any atom is -0.326 e.